The average molecular weight is 302 g/mol. The van der Waals surface area contributed by atoms with Crippen LogP contribution in [0.2, 0.25) is 0 Å². The van der Waals surface area contributed by atoms with Crippen LogP contribution < -0.4 is 0 Å². The standard InChI is InChI=1S/C21H35N/c1-4-7-9-14-18-22(19-15-10-8-5-2)21(6-3)20-16-12-11-13-17-20/h6,11-13,16-17,21H,3-5,7-10,14-15,18-19H2,1-2H3. The first-order chi connectivity index (χ1) is 10.8. The average Bonchev–Trinajstić information content (AvgIpc) is 2.56. The van der Waals surface area contributed by atoms with Crippen LogP contribution in [0.1, 0.15) is 76.8 Å². The number of hydrogen-bond acceptors (Lipinski definition) is 1. The van der Waals surface area contributed by atoms with E-state index in [1.54, 1.807) is 0 Å². The Bertz CT molecular complexity index is 359. The fourth-order valence-electron chi connectivity index (χ4n) is 3.02. The predicted molar refractivity (Wildman–Crippen MR) is 99.2 cm³/mol. The van der Waals surface area contributed by atoms with Crippen molar-refractivity contribution in [1.82, 2.24) is 4.90 Å². The smallest absolute Gasteiger partial charge is 0.0528 e. The van der Waals surface area contributed by atoms with Gasteiger partial charge in [-0.2, -0.15) is 0 Å². The highest BCUT2D eigenvalue weighted by Gasteiger charge is 2.16. The van der Waals surface area contributed by atoms with E-state index < -0.39 is 0 Å². The molecule has 1 rings (SSSR count). The van der Waals surface area contributed by atoms with Crippen molar-refractivity contribution in [2.45, 2.75) is 71.3 Å². The monoisotopic (exact) mass is 301 g/mol. The van der Waals surface area contributed by atoms with Gasteiger partial charge in [-0.25, -0.2) is 0 Å². The highest BCUT2D eigenvalue weighted by atomic mass is 15.1. The van der Waals surface area contributed by atoms with Crippen LogP contribution in [-0.2, 0) is 0 Å². The zero-order valence-corrected chi connectivity index (χ0v) is 14.8. The number of benzene rings is 1. The van der Waals surface area contributed by atoms with Crippen LogP contribution in [0.5, 0.6) is 0 Å². The molecule has 0 N–H and O–H groups in total. The molecule has 0 aromatic heterocycles. The largest absolute Gasteiger partial charge is 0.293 e. The maximum Gasteiger partial charge on any atom is 0.0528 e. The summed E-state index contributed by atoms with van der Waals surface area (Å²) in [6, 6.07) is 11.2. The minimum Gasteiger partial charge on any atom is -0.293 e. The first-order valence-corrected chi connectivity index (χ1v) is 9.25. The molecule has 1 heteroatoms. The quantitative estimate of drug-likeness (QED) is 0.302. The van der Waals surface area contributed by atoms with Crippen molar-refractivity contribution in [3.63, 3.8) is 0 Å². The molecular formula is C21H35N. The van der Waals surface area contributed by atoms with Gasteiger partial charge in [0.25, 0.3) is 0 Å². The topological polar surface area (TPSA) is 3.24 Å². The van der Waals surface area contributed by atoms with Crippen molar-refractivity contribution < 1.29 is 0 Å². The van der Waals surface area contributed by atoms with Crippen molar-refractivity contribution in [3.05, 3.63) is 48.6 Å². The summed E-state index contributed by atoms with van der Waals surface area (Å²) in [5.74, 6) is 0. The van der Waals surface area contributed by atoms with Crippen molar-refractivity contribution >= 4 is 0 Å². The first kappa shape index (κ1) is 19.0. The third kappa shape index (κ3) is 7.26. The van der Waals surface area contributed by atoms with Gasteiger partial charge in [0.15, 0.2) is 0 Å². The molecule has 0 bridgehead atoms. The van der Waals surface area contributed by atoms with Crippen molar-refractivity contribution in [3.8, 4) is 0 Å². The minimum absolute atomic E-state index is 0.365. The van der Waals surface area contributed by atoms with Crippen LogP contribution in [0.25, 0.3) is 0 Å². The van der Waals surface area contributed by atoms with Crippen molar-refractivity contribution in [1.29, 1.82) is 0 Å². The zero-order chi connectivity index (χ0) is 16.0. The molecule has 0 heterocycles. The number of unbranched alkanes of at least 4 members (excludes halogenated alkanes) is 6. The van der Waals surface area contributed by atoms with E-state index in [4.69, 9.17) is 0 Å². The minimum atomic E-state index is 0.365. The second-order valence-corrected chi connectivity index (χ2v) is 6.25. The van der Waals surface area contributed by atoms with Gasteiger partial charge in [-0.1, -0.05) is 88.8 Å². The summed E-state index contributed by atoms with van der Waals surface area (Å²) in [5, 5.41) is 0. The lowest BCUT2D eigenvalue weighted by Crippen LogP contribution is -2.30. The first-order valence-electron chi connectivity index (χ1n) is 9.25. The third-order valence-electron chi connectivity index (χ3n) is 4.36. The van der Waals surface area contributed by atoms with Crippen LogP contribution in [0.4, 0.5) is 0 Å². The van der Waals surface area contributed by atoms with Gasteiger partial charge in [0, 0.05) is 0 Å². The second-order valence-electron chi connectivity index (χ2n) is 6.25. The molecule has 22 heavy (non-hydrogen) atoms. The number of rotatable bonds is 13. The van der Waals surface area contributed by atoms with Gasteiger partial charge in [0.2, 0.25) is 0 Å². The summed E-state index contributed by atoms with van der Waals surface area (Å²) in [5.41, 5.74) is 1.38. The molecule has 0 aliphatic heterocycles. The Kier molecular flexibility index (Phi) is 10.7. The van der Waals surface area contributed by atoms with E-state index in [1.165, 1.54) is 70.0 Å². The van der Waals surface area contributed by atoms with Crippen LogP contribution >= 0.6 is 0 Å². The van der Waals surface area contributed by atoms with Gasteiger partial charge in [-0.15, -0.1) is 6.58 Å². The van der Waals surface area contributed by atoms with E-state index in [9.17, 15) is 0 Å². The lowest BCUT2D eigenvalue weighted by Gasteiger charge is -2.30. The predicted octanol–water partition coefficient (Wildman–Crippen LogP) is 6.38. The number of nitrogens with zero attached hydrogens (tertiary/aromatic N) is 1. The molecular weight excluding hydrogens is 266 g/mol. The highest BCUT2D eigenvalue weighted by molar-refractivity contribution is 5.22. The Labute approximate surface area is 138 Å². The molecule has 0 spiro atoms. The van der Waals surface area contributed by atoms with Crippen LogP contribution in [-0.4, -0.2) is 18.0 Å². The van der Waals surface area contributed by atoms with Gasteiger partial charge in [-0.3, -0.25) is 4.90 Å². The van der Waals surface area contributed by atoms with Crippen LogP contribution in [0, 0.1) is 0 Å². The van der Waals surface area contributed by atoms with E-state index in [-0.39, 0.29) is 0 Å². The molecule has 0 aliphatic carbocycles. The SMILES string of the molecule is C=CC(c1ccccc1)N(CCCCCC)CCCCCC. The summed E-state index contributed by atoms with van der Waals surface area (Å²) in [6.07, 6.45) is 12.7. The fraction of sp³-hybridized carbons (Fsp3) is 0.619. The van der Waals surface area contributed by atoms with Crippen molar-refractivity contribution in [2.24, 2.45) is 0 Å². The highest BCUT2D eigenvalue weighted by Crippen LogP contribution is 2.23. The molecule has 0 radical (unpaired) electrons. The summed E-state index contributed by atoms with van der Waals surface area (Å²) in [7, 11) is 0. The third-order valence-corrected chi connectivity index (χ3v) is 4.36. The Morgan fingerprint density at radius 2 is 1.41 bits per heavy atom. The van der Waals surface area contributed by atoms with E-state index in [0.717, 1.165) is 0 Å². The Hall–Kier alpha value is -1.08. The molecule has 0 aliphatic rings. The van der Waals surface area contributed by atoms with Crippen LogP contribution in [0.15, 0.2) is 43.0 Å². The van der Waals surface area contributed by atoms with Crippen LogP contribution in [0.3, 0.4) is 0 Å². The maximum absolute atomic E-state index is 4.11. The summed E-state index contributed by atoms with van der Waals surface area (Å²) in [6.45, 7) is 11.0. The lowest BCUT2D eigenvalue weighted by atomic mass is 10.0. The normalized spacial score (nSPS) is 12.5. The zero-order valence-electron chi connectivity index (χ0n) is 14.8. The summed E-state index contributed by atoms with van der Waals surface area (Å²) >= 11 is 0. The van der Waals surface area contributed by atoms with Gasteiger partial charge < -0.3 is 0 Å². The molecule has 1 aromatic rings. The Balaban J connectivity index is 2.61. The molecule has 1 atom stereocenters. The Morgan fingerprint density at radius 3 is 1.86 bits per heavy atom. The van der Waals surface area contributed by atoms with E-state index in [1.807, 2.05) is 0 Å². The molecule has 1 nitrogen and oxygen atoms in total. The molecule has 0 fully saturated rings. The summed E-state index contributed by atoms with van der Waals surface area (Å²) < 4.78 is 0. The second kappa shape index (κ2) is 12.5. The van der Waals surface area contributed by atoms with Gasteiger partial charge in [-0.05, 0) is 31.5 Å². The molecule has 124 valence electrons. The van der Waals surface area contributed by atoms with Gasteiger partial charge in [0.05, 0.1) is 6.04 Å². The molecule has 1 unspecified atom stereocenters. The van der Waals surface area contributed by atoms with Gasteiger partial charge >= 0.3 is 0 Å². The van der Waals surface area contributed by atoms with Crippen molar-refractivity contribution in [2.75, 3.05) is 13.1 Å². The van der Waals surface area contributed by atoms with E-state index in [2.05, 4.69) is 61.7 Å². The fourth-order valence-corrected chi connectivity index (χ4v) is 3.02. The Morgan fingerprint density at radius 1 is 0.864 bits per heavy atom. The molecule has 0 amide bonds. The molecule has 0 saturated heterocycles. The number of hydrogen-bond donors (Lipinski definition) is 0. The summed E-state index contributed by atoms with van der Waals surface area (Å²) in [4.78, 5) is 2.63. The lowest BCUT2D eigenvalue weighted by molar-refractivity contribution is 0.220. The van der Waals surface area contributed by atoms with E-state index in [0.29, 0.717) is 6.04 Å². The maximum atomic E-state index is 4.11. The van der Waals surface area contributed by atoms with E-state index >= 15 is 0 Å². The van der Waals surface area contributed by atoms with Gasteiger partial charge in [0.1, 0.15) is 0 Å². The molecule has 1 aromatic carbocycles. The molecule has 0 saturated carbocycles.